The van der Waals surface area contributed by atoms with Gasteiger partial charge in [0.2, 0.25) is 18.0 Å². The Hall–Kier alpha value is -3.56. The Bertz CT molecular complexity index is 1520. The molecule has 0 N–H and O–H groups in total. The van der Waals surface area contributed by atoms with Gasteiger partial charge in [0, 0.05) is 35.9 Å². The Morgan fingerprint density at radius 1 is 0.944 bits per heavy atom. The van der Waals surface area contributed by atoms with Crippen molar-refractivity contribution in [3.05, 3.63) is 92.9 Å². The third-order valence-electron chi connectivity index (χ3n) is 5.53. The van der Waals surface area contributed by atoms with Gasteiger partial charge in [-0.25, -0.2) is 4.98 Å². The van der Waals surface area contributed by atoms with Gasteiger partial charge in [0.05, 0.1) is 20.2 Å². The number of ether oxygens (including phenoxy) is 2. The van der Waals surface area contributed by atoms with E-state index in [1.54, 1.807) is 12.1 Å². The molecule has 5 rings (SSSR count). The molecule has 3 aromatic carbocycles. The summed E-state index contributed by atoms with van der Waals surface area (Å²) >= 11 is 6.89. The molecule has 0 spiro atoms. The highest BCUT2D eigenvalue weighted by molar-refractivity contribution is 9.11. The van der Waals surface area contributed by atoms with Crippen LogP contribution in [0.3, 0.4) is 0 Å². The average molecular weight is 609 g/mol. The number of halogens is 2. The summed E-state index contributed by atoms with van der Waals surface area (Å²) in [5.74, 6) is -0.0846. The molecule has 1 aromatic heterocycles. The molecule has 0 saturated heterocycles. The van der Waals surface area contributed by atoms with Gasteiger partial charge in [-0.05, 0) is 56.1 Å². The zero-order valence-corrected chi connectivity index (χ0v) is 22.4. The zero-order valence-electron chi connectivity index (χ0n) is 19.2. The average Bonchev–Trinajstić information content (AvgIpc) is 3.32. The van der Waals surface area contributed by atoms with Gasteiger partial charge >= 0.3 is 5.97 Å². The number of para-hydroxylation sites is 1. The van der Waals surface area contributed by atoms with E-state index < -0.39 is 12.2 Å². The second-order valence-corrected chi connectivity index (χ2v) is 9.79. The van der Waals surface area contributed by atoms with Crippen LogP contribution in [0.2, 0.25) is 0 Å². The number of nitrogens with zero attached hydrogens (tertiary/aromatic N) is 3. The zero-order chi connectivity index (χ0) is 25.4. The minimum Gasteiger partial charge on any atom is -0.446 e. The number of benzene rings is 3. The fourth-order valence-corrected chi connectivity index (χ4v) is 5.35. The number of fused-ring (bicyclic) bond motifs is 1. The lowest BCUT2D eigenvalue weighted by atomic mass is 10.0. The molecule has 0 radical (unpaired) electrons. The molecule has 9 heteroatoms. The Morgan fingerprint density at radius 3 is 2.28 bits per heavy atom. The van der Waals surface area contributed by atoms with E-state index in [4.69, 9.17) is 14.5 Å². The van der Waals surface area contributed by atoms with Crippen LogP contribution in [0, 0.1) is 0 Å². The molecule has 4 aromatic rings. The highest BCUT2D eigenvalue weighted by Crippen LogP contribution is 2.40. The molecule has 0 unspecified atom stereocenters. The van der Waals surface area contributed by atoms with E-state index >= 15 is 0 Å². The number of aromatic nitrogens is 1. The van der Waals surface area contributed by atoms with Crippen LogP contribution in [-0.4, -0.2) is 27.8 Å². The maximum Gasteiger partial charge on any atom is 0.308 e. The highest BCUT2D eigenvalue weighted by Gasteiger charge is 2.35. The van der Waals surface area contributed by atoms with Crippen LogP contribution >= 0.6 is 31.9 Å². The van der Waals surface area contributed by atoms with Gasteiger partial charge in [-0.3, -0.25) is 9.59 Å². The number of hydrazone groups is 1. The first-order valence-electron chi connectivity index (χ1n) is 11.0. The molecule has 1 amide bonds. The Kier molecular flexibility index (Phi) is 6.59. The lowest BCUT2D eigenvalue weighted by molar-refractivity contribution is -0.135. The third-order valence-corrected chi connectivity index (χ3v) is 6.71. The second-order valence-electron chi connectivity index (χ2n) is 8.08. The summed E-state index contributed by atoms with van der Waals surface area (Å²) in [5.41, 5.74) is 3.87. The maximum atomic E-state index is 12.6. The standard InChI is InChI=1S/C27H19Br2N3O4/c1-15(33)32-27(18-12-21(28)25(22(29)13-18)35-16(2)34)36-26(31-32)20-14-24(17-8-4-3-5-9-17)30-23-11-7-6-10-19(20)23/h3-14,27H,1-2H3/t27-/m1/s1. The van der Waals surface area contributed by atoms with Gasteiger partial charge < -0.3 is 9.47 Å². The predicted molar refractivity (Wildman–Crippen MR) is 143 cm³/mol. The fraction of sp³-hybridized carbons (Fsp3) is 0.111. The van der Waals surface area contributed by atoms with Crippen molar-refractivity contribution >= 4 is 60.5 Å². The van der Waals surface area contributed by atoms with Crippen LogP contribution in [0.5, 0.6) is 5.75 Å². The quantitative estimate of drug-likeness (QED) is 0.193. The van der Waals surface area contributed by atoms with Gasteiger partial charge in [0.1, 0.15) is 0 Å². The first-order chi connectivity index (χ1) is 17.3. The highest BCUT2D eigenvalue weighted by atomic mass is 79.9. The number of carbonyl (C=O) groups excluding carboxylic acids is 2. The number of esters is 1. The van der Waals surface area contributed by atoms with E-state index in [9.17, 15) is 9.59 Å². The molecule has 0 bridgehead atoms. The Morgan fingerprint density at radius 2 is 1.61 bits per heavy atom. The lowest BCUT2D eigenvalue weighted by Gasteiger charge is -2.20. The monoisotopic (exact) mass is 607 g/mol. The smallest absolute Gasteiger partial charge is 0.308 e. The van der Waals surface area contributed by atoms with Crippen molar-refractivity contribution in [3.63, 3.8) is 0 Å². The summed E-state index contributed by atoms with van der Waals surface area (Å²) < 4.78 is 12.6. The van der Waals surface area contributed by atoms with Crippen molar-refractivity contribution in [2.75, 3.05) is 0 Å². The first-order valence-corrected chi connectivity index (χ1v) is 12.6. The number of carbonyl (C=O) groups is 2. The predicted octanol–water partition coefficient (Wildman–Crippen LogP) is 6.59. The van der Waals surface area contributed by atoms with Gasteiger partial charge in [-0.2, -0.15) is 5.01 Å². The molecule has 0 fully saturated rings. The maximum absolute atomic E-state index is 12.6. The van der Waals surface area contributed by atoms with Crippen LogP contribution in [0.25, 0.3) is 22.2 Å². The lowest BCUT2D eigenvalue weighted by Crippen LogP contribution is -2.25. The molecular weight excluding hydrogens is 590 g/mol. The van der Waals surface area contributed by atoms with E-state index in [0.717, 1.165) is 27.7 Å². The summed E-state index contributed by atoms with van der Waals surface area (Å²) in [7, 11) is 0. The molecule has 36 heavy (non-hydrogen) atoms. The summed E-state index contributed by atoms with van der Waals surface area (Å²) in [4.78, 5) is 28.9. The van der Waals surface area contributed by atoms with Crippen molar-refractivity contribution in [2.24, 2.45) is 5.10 Å². The Balaban J connectivity index is 1.60. The summed E-state index contributed by atoms with van der Waals surface area (Å²) in [6.45, 7) is 2.76. The van der Waals surface area contributed by atoms with E-state index in [2.05, 4.69) is 37.0 Å². The molecule has 1 atom stereocenters. The molecular formula is C27H19Br2N3O4. The Labute approximate surface area is 224 Å². The van der Waals surface area contributed by atoms with Gasteiger partial charge in [-0.15, -0.1) is 5.10 Å². The summed E-state index contributed by atoms with van der Waals surface area (Å²) in [6, 6.07) is 23.0. The van der Waals surface area contributed by atoms with Crippen LogP contribution in [-0.2, 0) is 14.3 Å². The third kappa shape index (κ3) is 4.64. The van der Waals surface area contributed by atoms with Crippen LogP contribution in [0.4, 0.5) is 0 Å². The largest absolute Gasteiger partial charge is 0.446 e. The van der Waals surface area contributed by atoms with Gasteiger partial charge in [0.15, 0.2) is 5.75 Å². The number of hydrogen-bond acceptors (Lipinski definition) is 6. The normalized spacial score (nSPS) is 14.9. The minimum absolute atomic E-state index is 0.284. The molecule has 7 nitrogen and oxygen atoms in total. The molecule has 0 saturated carbocycles. The number of amides is 1. The number of pyridine rings is 1. The molecule has 1 aliphatic rings. The number of rotatable bonds is 4. The first kappa shape index (κ1) is 24.1. The van der Waals surface area contributed by atoms with Crippen molar-refractivity contribution < 1.29 is 19.1 Å². The summed E-state index contributed by atoms with van der Waals surface area (Å²) in [6.07, 6.45) is -0.816. The molecule has 2 heterocycles. The topological polar surface area (TPSA) is 81.1 Å². The van der Waals surface area contributed by atoms with Gasteiger partial charge in [-0.1, -0.05) is 48.5 Å². The molecule has 1 aliphatic heterocycles. The summed E-state index contributed by atoms with van der Waals surface area (Å²) in [5, 5.41) is 6.72. The van der Waals surface area contributed by atoms with Crippen molar-refractivity contribution in [3.8, 4) is 17.0 Å². The molecule has 180 valence electrons. The second kappa shape index (κ2) is 9.83. The molecule has 0 aliphatic carbocycles. The van der Waals surface area contributed by atoms with E-state index in [-0.39, 0.29) is 5.91 Å². The van der Waals surface area contributed by atoms with E-state index in [1.807, 2.05) is 60.7 Å². The van der Waals surface area contributed by atoms with E-state index in [1.165, 1.54) is 18.9 Å². The van der Waals surface area contributed by atoms with Crippen LogP contribution < -0.4 is 4.74 Å². The van der Waals surface area contributed by atoms with Crippen molar-refractivity contribution in [1.82, 2.24) is 9.99 Å². The van der Waals surface area contributed by atoms with Gasteiger partial charge in [0.25, 0.3) is 0 Å². The van der Waals surface area contributed by atoms with Crippen LogP contribution in [0.1, 0.15) is 31.2 Å². The van der Waals surface area contributed by atoms with Crippen molar-refractivity contribution in [1.29, 1.82) is 0 Å². The van der Waals surface area contributed by atoms with E-state index in [0.29, 0.717) is 26.2 Å². The van der Waals surface area contributed by atoms with Crippen LogP contribution in [0.15, 0.2) is 86.8 Å². The van der Waals surface area contributed by atoms with Crippen molar-refractivity contribution in [2.45, 2.75) is 20.1 Å². The minimum atomic E-state index is -0.816. The number of hydrogen-bond donors (Lipinski definition) is 0. The fourth-order valence-electron chi connectivity index (χ4n) is 3.96. The SMILES string of the molecule is CC(=O)Oc1c(Br)cc([C@H]2OC(c3cc(-c4ccccc4)nc4ccccc34)=NN2C(C)=O)cc1Br.